The Kier molecular flexibility index (Phi) is 4.05. The molecule has 7 heteroatoms. The van der Waals surface area contributed by atoms with Crippen LogP contribution >= 0.6 is 11.6 Å². The molecule has 0 atom stereocenters. The summed E-state index contributed by atoms with van der Waals surface area (Å²) in [6.45, 7) is -0.156. The van der Waals surface area contributed by atoms with Crippen molar-refractivity contribution in [2.24, 2.45) is 0 Å². The third-order valence-electron chi connectivity index (χ3n) is 2.77. The first-order valence-corrected chi connectivity index (χ1v) is 6.08. The van der Waals surface area contributed by atoms with Gasteiger partial charge in [0.25, 0.3) is 0 Å². The van der Waals surface area contributed by atoms with Crippen LogP contribution in [0.4, 0.5) is 5.82 Å². The van der Waals surface area contributed by atoms with Gasteiger partial charge in [-0.15, -0.1) is 0 Å². The summed E-state index contributed by atoms with van der Waals surface area (Å²) in [4.78, 5) is 22.5. The van der Waals surface area contributed by atoms with Gasteiger partial charge in [0.15, 0.2) is 6.29 Å². The molecule has 0 saturated heterocycles. The highest BCUT2D eigenvalue weighted by Crippen LogP contribution is 2.26. The zero-order valence-corrected chi connectivity index (χ0v) is 11.4. The molecule has 0 amide bonds. The number of hydrogen-bond donors (Lipinski definition) is 1. The van der Waals surface area contributed by atoms with Crippen LogP contribution in [0.3, 0.4) is 0 Å². The monoisotopic (exact) mass is 293 g/mol. The number of carbonyl (C=O) groups excluding carboxylic acids is 2. The van der Waals surface area contributed by atoms with Crippen molar-refractivity contribution in [1.29, 1.82) is 0 Å². The number of nitrogens with zero attached hydrogens (tertiary/aromatic N) is 2. The lowest BCUT2D eigenvalue weighted by Crippen LogP contribution is -2.14. The Bertz CT molecular complexity index is 650. The Hall–Kier alpha value is -2.34. The molecule has 0 saturated carbocycles. The maximum atomic E-state index is 11.3. The van der Waals surface area contributed by atoms with Gasteiger partial charge in [0.1, 0.15) is 18.1 Å². The third-order valence-corrected chi connectivity index (χ3v) is 3.02. The fraction of sp³-hybridized carbons (Fsp3) is 0.154. The van der Waals surface area contributed by atoms with Crippen molar-refractivity contribution in [3.8, 4) is 11.3 Å². The molecule has 2 rings (SSSR count). The lowest BCUT2D eigenvalue weighted by molar-refractivity contribution is -0.141. The van der Waals surface area contributed by atoms with Crippen molar-refractivity contribution in [3.63, 3.8) is 0 Å². The first-order valence-electron chi connectivity index (χ1n) is 5.71. The van der Waals surface area contributed by atoms with Crippen LogP contribution in [-0.2, 0) is 16.1 Å². The second-order valence-electron chi connectivity index (χ2n) is 4.01. The summed E-state index contributed by atoms with van der Waals surface area (Å²) in [5.41, 5.74) is 7.14. The number of esters is 1. The Labute approximate surface area is 120 Å². The minimum Gasteiger partial charge on any atom is -0.468 e. The fourth-order valence-electron chi connectivity index (χ4n) is 1.73. The van der Waals surface area contributed by atoms with E-state index in [4.69, 9.17) is 17.3 Å². The summed E-state index contributed by atoms with van der Waals surface area (Å²) >= 11 is 5.82. The number of nitrogen functional groups attached to an aromatic ring is 1. The molecule has 2 aromatic rings. The van der Waals surface area contributed by atoms with Crippen molar-refractivity contribution < 1.29 is 14.3 Å². The maximum absolute atomic E-state index is 11.3. The smallest absolute Gasteiger partial charge is 0.327 e. The number of nitrogens with two attached hydrogens (primary N) is 1. The van der Waals surface area contributed by atoms with Gasteiger partial charge in [-0.1, -0.05) is 23.7 Å². The number of rotatable bonds is 4. The van der Waals surface area contributed by atoms with Crippen molar-refractivity contribution in [1.82, 2.24) is 9.78 Å². The number of benzene rings is 1. The van der Waals surface area contributed by atoms with Crippen molar-refractivity contribution in [2.75, 3.05) is 12.8 Å². The lowest BCUT2D eigenvalue weighted by atomic mass is 10.1. The van der Waals surface area contributed by atoms with E-state index in [1.54, 1.807) is 24.3 Å². The van der Waals surface area contributed by atoms with E-state index in [1.807, 2.05) is 0 Å². The van der Waals surface area contributed by atoms with Crippen LogP contribution in [0.15, 0.2) is 24.3 Å². The van der Waals surface area contributed by atoms with Crippen molar-refractivity contribution in [2.45, 2.75) is 6.54 Å². The number of ether oxygens (including phenoxy) is 1. The van der Waals surface area contributed by atoms with Crippen LogP contribution in [-0.4, -0.2) is 29.1 Å². The number of aldehydes is 1. The highest BCUT2D eigenvalue weighted by molar-refractivity contribution is 6.30. The van der Waals surface area contributed by atoms with Crippen molar-refractivity contribution in [3.05, 3.63) is 34.9 Å². The highest BCUT2D eigenvalue weighted by atomic mass is 35.5. The van der Waals surface area contributed by atoms with Crippen LogP contribution in [0.5, 0.6) is 0 Å². The molecule has 20 heavy (non-hydrogen) atoms. The minimum absolute atomic E-state index is 0.121. The van der Waals surface area contributed by atoms with Gasteiger partial charge in [-0.3, -0.25) is 9.59 Å². The molecule has 2 N–H and O–H groups in total. The predicted octanol–water partition coefficient (Wildman–Crippen LogP) is 1.77. The highest BCUT2D eigenvalue weighted by Gasteiger charge is 2.18. The van der Waals surface area contributed by atoms with Gasteiger partial charge >= 0.3 is 5.97 Å². The number of anilines is 1. The summed E-state index contributed by atoms with van der Waals surface area (Å²) in [6.07, 6.45) is 0.611. The van der Waals surface area contributed by atoms with Crippen LogP contribution in [0, 0.1) is 0 Å². The molecular formula is C13H12ClN3O3. The molecule has 0 aliphatic carbocycles. The first kappa shape index (κ1) is 14.1. The number of carbonyl (C=O) groups is 2. The van der Waals surface area contributed by atoms with Crippen LogP contribution in [0.1, 0.15) is 10.4 Å². The molecule has 1 aromatic heterocycles. The van der Waals surface area contributed by atoms with Gasteiger partial charge < -0.3 is 10.5 Å². The Balaban J connectivity index is 2.47. The van der Waals surface area contributed by atoms with E-state index in [9.17, 15) is 9.59 Å². The molecule has 0 bridgehead atoms. The molecule has 0 radical (unpaired) electrons. The molecule has 0 fully saturated rings. The third kappa shape index (κ3) is 2.65. The molecule has 104 valence electrons. The molecule has 1 aromatic carbocycles. The van der Waals surface area contributed by atoms with E-state index in [2.05, 4.69) is 9.84 Å². The van der Waals surface area contributed by atoms with Crippen LogP contribution < -0.4 is 5.73 Å². The van der Waals surface area contributed by atoms with Crippen LogP contribution in [0.25, 0.3) is 11.3 Å². The quantitative estimate of drug-likeness (QED) is 0.685. The molecule has 0 aliphatic rings. The Morgan fingerprint density at radius 2 is 2.10 bits per heavy atom. The van der Waals surface area contributed by atoms with Gasteiger partial charge in [-0.25, -0.2) is 4.68 Å². The summed E-state index contributed by atoms with van der Waals surface area (Å²) in [5.74, 6) is -0.380. The average molecular weight is 294 g/mol. The molecule has 6 nitrogen and oxygen atoms in total. The van der Waals surface area contributed by atoms with Crippen molar-refractivity contribution >= 4 is 29.7 Å². The zero-order chi connectivity index (χ0) is 14.7. The number of methoxy groups -OCH3 is 1. The standard InChI is InChI=1S/C13H12ClN3O3/c1-20-11(19)6-17-13(15)10(7-18)12(16-17)8-2-4-9(14)5-3-8/h2-5,7H,6,15H2,1H3. The summed E-state index contributed by atoms with van der Waals surface area (Å²) < 4.78 is 5.79. The first-order chi connectivity index (χ1) is 9.56. The van der Waals surface area contributed by atoms with E-state index in [-0.39, 0.29) is 17.9 Å². The largest absolute Gasteiger partial charge is 0.468 e. The predicted molar refractivity (Wildman–Crippen MR) is 74.5 cm³/mol. The summed E-state index contributed by atoms with van der Waals surface area (Å²) in [5, 5.41) is 4.76. The number of hydrogen-bond acceptors (Lipinski definition) is 5. The molecule has 0 aliphatic heterocycles. The second-order valence-corrected chi connectivity index (χ2v) is 4.44. The lowest BCUT2D eigenvalue weighted by Gasteiger charge is -2.01. The Morgan fingerprint density at radius 3 is 2.65 bits per heavy atom. The second kappa shape index (κ2) is 5.75. The average Bonchev–Trinajstić information content (AvgIpc) is 2.76. The molecular weight excluding hydrogens is 282 g/mol. The van der Waals surface area contributed by atoms with Gasteiger partial charge in [0, 0.05) is 10.6 Å². The zero-order valence-electron chi connectivity index (χ0n) is 10.7. The molecule has 0 unspecified atom stereocenters. The van der Waals surface area contributed by atoms with Gasteiger partial charge in [-0.05, 0) is 12.1 Å². The fourth-order valence-corrected chi connectivity index (χ4v) is 1.86. The van der Waals surface area contributed by atoms with E-state index in [1.165, 1.54) is 11.8 Å². The SMILES string of the molecule is COC(=O)Cn1nc(-c2ccc(Cl)cc2)c(C=O)c1N. The summed E-state index contributed by atoms with van der Waals surface area (Å²) in [7, 11) is 1.27. The molecule has 1 heterocycles. The molecule has 0 spiro atoms. The minimum atomic E-state index is -0.501. The van der Waals surface area contributed by atoms with Gasteiger partial charge in [-0.2, -0.15) is 5.10 Å². The van der Waals surface area contributed by atoms with E-state index >= 15 is 0 Å². The number of aromatic nitrogens is 2. The van der Waals surface area contributed by atoms with Gasteiger partial charge in [0.2, 0.25) is 0 Å². The summed E-state index contributed by atoms with van der Waals surface area (Å²) in [6, 6.07) is 6.81. The van der Waals surface area contributed by atoms with Crippen LogP contribution in [0.2, 0.25) is 5.02 Å². The maximum Gasteiger partial charge on any atom is 0.327 e. The van der Waals surface area contributed by atoms with E-state index in [0.29, 0.717) is 22.6 Å². The normalized spacial score (nSPS) is 10.3. The Morgan fingerprint density at radius 1 is 1.45 bits per heavy atom. The van der Waals surface area contributed by atoms with E-state index < -0.39 is 5.97 Å². The van der Waals surface area contributed by atoms with Gasteiger partial charge in [0.05, 0.1) is 12.7 Å². The van der Waals surface area contributed by atoms with E-state index in [0.717, 1.165) is 0 Å². The topological polar surface area (TPSA) is 87.2 Å². The number of halogens is 1.